The molecule has 0 bridgehead atoms. The Morgan fingerprint density at radius 1 is 1.52 bits per heavy atom. The number of carbonyl (C=O) groups is 1. The van der Waals surface area contributed by atoms with Crippen molar-refractivity contribution in [3.8, 4) is 0 Å². The van der Waals surface area contributed by atoms with Crippen LogP contribution in [-0.2, 0) is 0 Å². The van der Waals surface area contributed by atoms with Crippen molar-refractivity contribution in [3.63, 3.8) is 0 Å². The van der Waals surface area contributed by atoms with E-state index in [1.807, 2.05) is 6.92 Å². The fourth-order valence-electron chi connectivity index (χ4n) is 1.71. The maximum atomic E-state index is 12.5. The summed E-state index contributed by atoms with van der Waals surface area (Å²) in [5.74, 6) is -0.207. The Bertz CT molecular complexity index is 475. The third kappa shape index (κ3) is 5.81. The molecule has 5 nitrogen and oxygen atoms in total. The van der Waals surface area contributed by atoms with E-state index in [-0.39, 0.29) is 17.3 Å². The molecule has 0 radical (unpaired) electrons. The van der Waals surface area contributed by atoms with Crippen molar-refractivity contribution in [1.82, 2.24) is 9.88 Å². The van der Waals surface area contributed by atoms with E-state index in [0.29, 0.717) is 12.4 Å². The lowest BCUT2D eigenvalue weighted by Crippen LogP contribution is -2.37. The normalized spacial score (nSPS) is 10.8. The summed E-state index contributed by atoms with van der Waals surface area (Å²) < 4.78 is 25.0. The highest BCUT2D eigenvalue weighted by Crippen LogP contribution is 2.17. The molecule has 118 valence electrons. The zero-order valence-electron chi connectivity index (χ0n) is 11.7. The quantitative estimate of drug-likeness (QED) is 0.721. The highest BCUT2D eigenvalue weighted by molar-refractivity contribution is 6.29. The summed E-state index contributed by atoms with van der Waals surface area (Å²) in [6.45, 7) is 1.32. The zero-order valence-corrected chi connectivity index (χ0v) is 12.4. The second kappa shape index (κ2) is 8.74. The first-order valence-corrected chi connectivity index (χ1v) is 6.95. The van der Waals surface area contributed by atoms with E-state index < -0.39 is 25.5 Å². The topological polar surface area (TPSA) is 65.5 Å². The van der Waals surface area contributed by atoms with Gasteiger partial charge in [-0.2, -0.15) is 0 Å². The van der Waals surface area contributed by atoms with Gasteiger partial charge in [0, 0.05) is 18.7 Å². The fourth-order valence-corrected chi connectivity index (χ4v) is 1.92. The largest absolute Gasteiger partial charge is 0.395 e. The van der Waals surface area contributed by atoms with Gasteiger partial charge >= 0.3 is 0 Å². The van der Waals surface area contributed by atoms with Crippen molar-refractivity contribution in [2.45, 2.75) is 19.8 Å². The van der Waals surface area contributed by atoms with Crippen LogP contribution in [0, 0.1) is 0 Å². The minimum atomic E-state index is -2.67. The molecule has 1 rings (SSSR count). The maximum Gasteiger partial charge on any atom is 0.255 e. The number of hydrogen-bond donors (Lipinski definition) is 2. The summed E-state index contributed by atoms with van der Waals surface area (Å²) in [5, 5.41) is 12.0. The first-order valence-electron chi connectivity index (χ1n) is 6.57. The minimum absolute atomic E-state index is 0.0976. The number of rotatable bonds is 8. The molecule has 0 spiro atoms. The van der Waals surface area contributed by atoms with Crippen LogP contribution in [0.15, 0.2) is 12.1 Å². The van der Waals surface area contributed by atoms with Crippen molar-refractivity contribution < 1.29 is 18.7 Å². The highest BCUT2D eigenvalue weighted by Gasteiger charge is 2.20. The molecule has 21 heavy (non-hydrogen) atoms. The summed E-state index contributed by atoms with van der Waals surface area (Å²) in [6.07, 6.45) is -1.81. The molecule has 0 saturated heterocycles. The average molecular weight is 322 g/mol. The molecule has 0 saturated carbocycles. The van der Waals surface area contributed by atoms with Crippen LogP contribution >= 0.6 is 11.6 Å². The summed E-state index contributed by atoms with van der Waals surface area (Å²) in [5.41, 5.74) is 0.155. The van der Waals surface area contributed by atoms with Crippen LogP contribution in [0.4, 0.5) is 14.6 Å². The van der Waals surface area contributed by atoms with Crippen LogP contribution in [0.5, 0.6) is 0 Å². The van der Waals surface area contributed by atoms with Gasteiger partial charge in [-0.25, -0.2) is 13.8 Å². The molecule has 0 atom stereocenters. The summed E-state index contributed by atoms with van der Waals surface area (Å²) in [4.78, 5) is 17.1. The number of halogens is 3. The van der Waals surface area contributed by atoms with Crippen molar-refractivity contribution in [1.29, 1.82) is 0 Å². The molecular formula is C13H18ClF2N3O2. The van der Waals surface area contributed by atoms with Gasteiger partial charge in [0.05, 0.1) is 13.2 Å². The van der Waals surface area contributed by atoms with Gasteiger partial charge in [-0.05, 0) is 18.6 Å². The van der Waals surface area contributed by atoms with E-state index in [4.69, 9.17) is 16.7 Å². The number of aromatic nitrogens is 1. The smallest absolute Gasteiger partial charge is 0.255 e. The van der Waals surface area contributed by atoms with Crippen molar-refractivity contribution in [2.75, 3.05) is 31.6 Å². The van der Waals surface area contributed by atoms with Gasteiger partial charge in [0.1, 0.15) is 11.0 Å². The average Bonchev–Trinajstić information content (AvgIpc) is 2.43. The Labute approximate surface area is 126 Å². The number of hydrogen-bond acceptors (Lipinski definition) is 4. The molecule has 0 aliphatic rings. The molecule has 0 aliphatic heterocycles. The lowest BCUT2D eigenvalue weighted by atomic mass is 10.2. The molecule has 1 heterocycles. The van der Waals surface area contributed by atoms with E-state index in [1.165, 1.54) is 12.1 Å². The number of pyridine rings is 1. The summed E-state index contributed by atoms with van der Waals surface area (Å²) in [7, 11) is 0. The predicted molar refractivity (Wildman–Crippen MR) is 77.0 cm³/mol. The number of alkyl halides is 2. The van der Waals surface area contributed by atoms with E-state index in [1.54, 1.807) is 0 Å². The molecule has 0 aliphatic carbocycles. The summed E-state index contributed by atoms with van der Waals surface area (Å²) in [6, 6.07) is 2.77. The SMILES string of the molecule is CCCNc1cc(C(=O)N(CCO)CC(F)F)cc(Cl)n1. The zero-order chi connectivity index (χ0) is 15.8. The second-order valence-electron chi connectivity index (χ2n) is 4.36. The number of nitrogens with zero attached hydrogens (tertiary/aromatic N) is 2. The monoisotopic (exact) mass is 321 g/mol. The van der Waals surface area contributed by atoms with E-state index in [9.17, 15) is 13.6 Å². The third-order valence-electron chi connectivity index (χ3n) is 2.61. The lowest BCUT2D eigenvalue weighted by molar-refractivity contribution is 0.0509. The highest BCUT2D eigenvalue weighted by atomic mass is 35.5. The standard InChI is InChI=1S/C13H18ClF2N3O2/c1-2-3-17-12-7-9(6-10(14)18-12)13(21)19(4-5-20)8-11(15)16/h6-7,11,20H,2-5,8H2,1H3,(H,17,18). The number of nitrogens with one attached hydrogen (secondary N) is 1. The first-order chi connectivity index (χ1) is 9.97. The number of aliphatic hydroxyl groups is 1. The van der Waals surface area contributed by atoms with Crippen LogP contribution < -0.4 is 5.32 Å². The van der Waals surface area contributed by atoms with Gasteiger partial charge in [-0.15, -0.1) is 0 Å². The van der Waals surface area contributed by atoms with Crippen LogP contribution in [-0.4, -0.2) is 53.6 Å². The van der Waals surface area contributed by atoms with Crippen molar-refractivity contribution in [3.05, 3.63) is 22.8 Å². The molecule has 1 aromatic rings. The molecule has 0 unspecified atom stereocenters. The lowest BCUT2D eigenvalue weighted by Gasteiger charge is -2.21. The first kappa shape index (κ1) is 17.6. The number of aliphatic hydroxyl groups excluding tert-OH is 1. The number of carbonyl (C=O) groups excluding carboxylic acids is 1. The Balaban J connectivity index is 2.94. The molecule has 0 aromatic carbocycles. The van der Waals surface area contributed by atoms with E-state index in [0.717, 1.165) is 11.3 Å². The van der Waals surface area contributed by atoms with Crippen LogP contribution in [0.3, 0.4) is 0 Å². The van der Waals surface area contributed by atoms with Gasteiger partial charge in [0.15, 0.2) is 0 Å². The molecule has 1 aromatic heterocycles. The van der Waals surface area contributed by atoms with Gasteiger partial charge < -0.3 is 15.3 Å². The Morgan fingerprint density at radius 2 is 2.24 bits per heavy atom. The van der Waals surface area contributed by atoms with Crippen LogP contribution in [0.1, 0.15) is 23.7 Å². The Morgan fingerprint density at radius 3 is 2.81 bits per heavy atom. The van der Waals surface area contributed by atoms with E-state index in [2.05, 4.69) is 10.3 Å². The Kier molecular flexibility index (Phi) is 7.31. The molecule has 8 heteroatoms. The molecule has 1 amide bonds. The van der Waals surface area contributed by atoms with Gasteiger partial charge in [0.25, 0.3) is 12.3 Å². The maximum absolute atomic E-state index is 12.5. The van der Waals surface area contributed by atoms with Gasteiger partial charge in [-0.1, -0.05) is 18.5 Å². The van der Waals surface area contributed by atoms with Crippen LogP contribution in [0.25, 0.3) is 0 Å². The number of anilines is 1. The van der Waals surface area contributed by atoms with Gasteiger partial charge in [-0.3, -0.25) is 4.79 Å². The predicted octanol–water partition coefficient (Wildman–Crippen LogP) is 2.26. The minimum Gasteiger partial charge on any atom is -0.395 e. The molecular weight excluding hydrogens is 304 g/mol. The van der Waals surface area contributed by atoms with E-state index >= 15 is 0 Å². The third-order valence-corrected chi connectivity index (χ3v) is 2.81. The number of amides is 1. The van der Waals surface area contributed by atoms with Gasteiger partial charge in [0.2, 0.25) is 0 Å². The fraction of sp³-hybridized carbons (Fsp3) is 0.538. The van der Waals surface area contributed by atoms with Crippen molar-refractivity contribution >= 4 is 23.3 Å². The van der Waals surface area contributed by atoms with Crippen LogP contribution in [0.2, 0.25) is 5.15 Å². The molecule has 2 N–H and O–H groups in total. The second-order valence-corrected chi connectivity index (χ2v) is 4.74. The molecule has 0 fully saturated rings. The Hall–Kier alpha value is -1.47. The van der Waals surface area contributed by atoms with Crippen molar-refractivity contribution in [2.24, 2.45) is 0 Å². The summed E-state index contributed by atoms with van der Waals surface area (Å²) >= 11 is 5.84.